The monoisotopic (exact) mass is 840 g/mol. The summed E-state index contributed by atoms with van der Waals surface area (Å²) in [6, 6.07) is 8.54. The molecular weight excluding hydrogens is 771 g/mol. The lowest BCUT2D eigenvalue weighted by atomic mass is 9.70. The number of hydrogen-bond donors (Lipinski definition) is 0. The van der Waals surface area contributed by atoms with Gasteiger partial charge in [-0.05, 0) is 266 Å². The van der Waals surface area contributed by atoms with Crippen molar-refractivity contribution >= 4 is 17.2 Å². The summed E-state index contributed by atoms with van der Waals surface area (Å²) in [5, 5.41) is 0. The van der Waals surface area contributed by atoms with E-state index in [-0.39, 0.29) is 11.8 Å². The van der Waals surface area contributed by atoms with Gasteiger partial charge in [0.1, 0.15) is 23.0 Å². The topological polar surface area (TPSA) is 55.4 Å². The third-order valence-corrected chi connectivity index (χ3v) is 17.6. The Hall–Kier alpha value is -3.14. The van der Waals surface area contributed by atoms with E-state index in [0.717, 1.165) is 45.3 Å². The summed E-state index contributed by atoms with van der Waals surface area (Å²) in [6.07, 6.45) is 1.17. The molecule has 2 saturated carbocycles. The molecule has 6 nitrogen and oxygen atoms in total. The maximum atomic E-state index is 6.94. The van der Waals surface area contributed by atoms with Crippen LogP contribution < -0.4 is 18.1 Å². The zero-order valence-corrected chi connectivity index (χ0v) is 41.0. The van der Waals surface area contributed by atoms with Gasteiger partial charge in [0.25, 0.3) is 0 Å². The summed E-state index contributed by atoms with van der Waals surface area (Å²) in [5.74, 6) is 6.00. The molecule has 6 atom stereocenters. The first-order valence-electron chi connectivity index (χ1n) is 21.6. The lowest BCUT2D eigenvalue weighted by Crippen LogP contribution is -2.37. The Balaban J connectivity index is 1.30. The van der Waals surface area contributed by atoms with E-state index in [1.807, 2.05) is 0 Å². The molecule has 0 saturated heterocycles. The van der Waals surface area contributed by atoms with Crippen molar-refractivity contribution in [3.05, 3.63) is 113 Å². The molecule has 320 valence electrons. The minimum atomic E-state index is -1.78. The zero-order valence-electron chi connectivity index (χ0n) is 39.2. The number of hydrogen-bond acceptors (Lipinski definition) is 6. The van der Waals surface area contributed by atoms with Crippen LogP contribution in [0.15, 0.2) is 24.3 Å². The van der Waals surface area contributed by atoms with Crippen LogP contribution in [0.3, 0.4) is 0 Å². The first kappa shape index (κ1) is 45.4. The number of aryl methyl sites for hydroxylation is 4. The molecule has 0 aliphatic heterocycles. The zero-order chi connectivity index (χ0) is 43.4. The lowest BCUT2D eigenvalue weighted by molar-refractivity contribution is 0.0414. The molecule has 6 unspecified atom stereocenters. The molecule has 0 amide bonds. The first-order chi connectivity index (χ1) is 27.7. The van der Waals surface area contributed by atoms with E-state index in [0.29, 0.717) is 36.9 Å². The minimum absolute atomic E-state index is 0.265. The molecule has 2 aliphatic carbocycles. The van der Waals surface area contributed by atoms with Crippen molar-refractivity contribution in [3.8, 4) is 23.0 Å². The minimum Gasteiger partial charge on any atom is -0.417 e. The Morgan fingerprint density at radius 2 is 0.610 bits per heavy atom. The highest BCUT2D eigenvalue weighted by Gasteiger charge is 2.55. The summed E-state index contributed by atoms with van der Waals surface area (Å²) in [4.78, 5) is 0. The smallest absolute Gasteiger partial charge is 0.417 e. The van der Waals surface area contributed by atoms with Crippen LogP contribution >= 0.6 is 17.2 Å². The molecule has 4 aromatic rings. The van der Waals surface area contributed by atoms with Crippen molar-refractivity contribution < 1.29 is 27.1 Å². The van der Waals surface area contributed by atoms with Crippen molar-refractivity contribution in [2.75, 3.05) is 13.2 Å². The lowest BCUT2D eigenvalue weighted by Gasteiger charge is -2.38. The molecule has 0 aromatic heterocycles. The normalized spacial score (nSPS) is 21.2. The quantitative estimate of drug-likeness (QED) is 0.118. The van der Waals surface area contributed by atoms with Gasteiger partial charge in [-0.2, -0.15) is 0 Å². The van der Waals surface area contributed by atoms with Crippen LogP contribution in [0.25, 0.3) is 0 Å². The molecule has 6 rings (SSSR count). The second kappa shape index (κ2) is 18.1. The number of fused-ring (bicyclic) bond motifs is 2. The highest BCUT2D eigenvalue weighted by molar-refractivity contribution is 7.42. The van der Waals surface area contributed by atoms with E-state index in [9.17, 15) is 0 Å². The van der Waals surface area contributed by atoms with Crippen LogP contribution in [0.1, 0.15) is 109 Å². The molecular formula is C51H70O6P2. The van der Waals surface area contributed by atoms with Crippen molar-refractivity contribution in [1.29, 1.82) is 0 Å². The Labute approximate surface area is 359 Å². The summed E-state index contributed by atoms with van der Waals surface area (Å²) >= 11 is 0. The van der Waals surface area contributed by atoms with E-state index < -0.39 is 17.2 Å². The van der Waals surface area contributed by atoms with Crippen LogP contribution in [0, 0.1) is 146 Å². The summed E-state index contributed by atoms with van der Waals surface area (Å²) in [6.45, 7) is 40.4. The van der Waals surface area contributed by atoms with Gasteiger partial charge in [0.15, 0.2) is 0 Å². The highest BCUT2D eigenvalue weighted by atomic mass is 31.2. The van der Waals surface area contributed by atoms with Gasteiger partial charge in [-0.25, -0.2) is 0 Å². The van der Waals surface area contributed by atoms with Gasteiger partial charge in [-0.1, -0.05) is 13.8 Å². The predicted molar refractivity (Wildman–Crippen MR) is 247 cm³/mol. The fourth-order valence-electron chi connectivity index (χ4n) is 9.62. The standard InChI is InChI=1S/C51H70O6P2/c1-26-19-48(40(15)34(9)30(26)5)54-58(55-49-20-27(2)31(6)35(10)41(49)16)52-24-46-44-23-45(39(14)38(44)13)47(46)25-53-59(56-50-21-28(3)32(7)36(11)42(50)17)57-51-22-29(4)33(8)37(12)43(51)18/h19-22,38-39,44-47H,23-25H2,1-18H3. The Morgan fingerprint density at radius 1 is 0.373 bits per heavy atom. The molecule has 8 heteroatoms. The van der Waals surface area contributed by atoms with E-state index in [1.165, 1.54) is 73.2 Å². The molecule has 0 heterocycles. The maximum Gasteiger partial charge on any atom is 0.463 e. The van der Waals surface area contributed by atoms with E-state index in [4.69, 9.17) is 27.1 Å². The third-order valence-electron chi connectivity index (χ3n) is 15.5. The largest absolute Gasteiger partial charge is 0.463 e. The van der Waals surface area contributed by atoms with E-state index in [1.54, 1.807) is 0 Å². The molecule has 2 bridgehead atoms. The first-order valence-corrected chi connectivity index (χ1v) is 23.8. The molecule has 0 radical (unpaired) electrons. The predicted octanol–water partition coefficient (Wildman–Crippen LogP) is 14.9. The van der Waals surface area contributed by atoms with Crippen LogP contribution in [0.5, 0.6) is 23.0 Å². The van der Waals surface area contributed by atoms with Crippen molar-refractivity contribution in [2.24, 2.45) is 35.5 Å². The second-order valence-corrected chi connectivity index (χ2v) is 20.4. The molecule has 2 aliphatic rings. The Morgan fingerprint density at radius 3 is 0.847 bits per heavy atom. The average Bonchev–Trinajstić information content (AvgIpc) is 3.71. The van der Waals surface area contributed by atoms with Crippen molar-refractivity contribution in [3.63, 3.8) is 0 Å². The van der Waals surface area contributed by atoms with Crippen molar-refractivity contribution in [1.82, 2.24) is 0 Å². The Bertz CT molecular complexity index is 1940. The van der Waals surface area contributed by atoms with Crippen LogP contribution in [-0.2, 0) is 9.05 Å². The van der Waals surface area contributed by atoms with Crippen LogP contribution in [0.2, 0.25) is 0 Å². The Kier molecular flexibility index (Phi) is 13.9. The van der Waals surface area contributed by atoms with Crippen molar-refractivity contribution in [2.45, 2.75) is 131 Å². The van der Waals surface area contributed by atoms with Gasteiger partial charge >= 0.3 is 17.2 Å². The second-order valence-electron chi connectivity index (χ2n) is 18.3. The molecule has 59 heavy (non-hydrogen) atoms. The fraction of sp³-hybridized carbons (Fsp3) is 0.529. The van der Waals surface area contributed by atoms with Gasteiger partial charge in [0.05, 0.1) is 13.2 Å². The van der Waals surface area contributed by atoms with Gasteiger partial charge in [0, 0.05) is 0 Å². The highest BCUT2D eigenvalue weighted by Crippen LogP contribution is 2.60. The molecule has 2 fully saturated rings. The van der Waals surface area contributed by atoms with Gasteiger partial charge in [-0.3, -0.25) is 9.05 Å². The molecule has 0 spiro atoms. The van der Waals surface area contributed by atoms with Gasteiger partial charge < -0.3 is 18.1 Å². The fourth-order valence-corrected chi connectivity index (χ4v) is 11.9. The number of benzene rings is 4. The van der Waals surface area contributed by atoms with Crippen LogP contribution in [0.4, 0.5) is 0 Å². The maximum absolute atomic E-state index is 6.94. The molecule has 4 aromatic carbocycles. The van der Waals surface area contributed by atoms with E-state index >= 15 is 0 Å². The molecule has 0 N–H and O–H groups in total. The summed E-state index contributed by atoms with van der Waals surface area (Å²) in [5.41, 5.74) is 19.3. The third kappa shape index (κ3) is 8.95. The van der Waals surface area contributed by atoms with Gasteiger partial charge in [0.2, 0.25) is 0 Å². The van der Waals surface area contributed by atoms with Gasteiger partial charge in [-0.15, -0.1) is 0 Å². The average molecular weight is 841 g/mol. The summed E-state index contributed by atoms with van der Waals surface area (Å²) in [7, 11) is -3.57. The van der Waals surface area contributed by atoms with Crippen LogP contribution in [-0.4, -0.2) is 13.2 Å². The number of rotatable bonds is 14. The summed E-state index contributed by atoms with van der Waals surface area (Å²) < 4.78 is 41.1. The van der Waals surface area contributed by atoms with E-state index in [2.05, 4.69) is 149 Å². The SMILES string of the molecule is Cc1cc(OP(OCC2C3CC(C(C)C3C)C2COP(Oc2cc(C)c(C)c(C)c2C)Oc2cc(C)c(C)c(C)c2C)Oc2cc(C)c(C)c(C)c2C)c(C)c(C)c1C.